The molecular weight excluding hydrogens is 152 g/mol. The number of carbonyl (C=O) groups is 1. The second-order valence-corrected chi connectivity index (χ2v) is 2.35. The zero-order chi connectivity index (χ0) is 8.59. The topological polar surface area (TPSA) is 98.0 Å². The third kappa shape index (κ3) is 1.25. The molecule has 3 atom stereocenters. The van der Waals surface area contributed by atoms with Crippen molar-refractivity contribution >= 4 is 5.78 Å². The van der Waals surface area contributed by atoms with Gasteiger partial charge in [0, 0.05) is 6.08 Å². The van der Waals surface area contributed by atoms with Crippen LogP contribution in [-0.4, -0.2) is 44.5 Å². The summed E-state index contributed by atoms with van der Waals surface area (Å²) in [6.07, 6.45) is -4.14. The summed E-state index contributed by atoms with van der Waals surface area (Å²) in [6.45, 7) is 0. The van der Waals surface area contributed by atoms with E-state index in [4.69, 9.17) is 20.4 Å². The average Bonchev–Trinajstić information content (AvgIpc) is 1.97. The van der Waals surface area contributed by atoms with Crippen LogP contribution < -0.4 is 0 Å². The van der Waals surface area contributed by atoms with Crippen molar-refractivity contribution < 1.29 is 25.2 Å². The van der Waals surface area contributed by atoms with Gasteiger partial charge in [-0.1, -0.05) is 0 Å². The lowest BCUT2D eigenvalue weighted by Gasteiger charge is -2.24. The van der Waals surface area contributed by atoms with Crippen molar-refractivity contribution in [1.29, 1.82) is 0 Å². The molecule has 11 heavy (non-hydrogen) atoms. The molecule has 1 aliphatic carbocycles. The molecule has 0 amide bonds. The van der Waals surface area contributed by atoms with E-state index < -0.39 is 29.9 Å². The van der Waals surface area contributed by atoms with Gasteiger partial charge >= 0.3 is 0 Å². The van der Waals surface area contributed by atoms with Gasteiger partial charge in [-0.3, -0.25) is 4.79 Å². The highest BCUT2D eigenvalue weighted by atomic mass is 16.4. The Morgan fingerprint density at radius 2 is 1.73 bits per heavy atom. The van der Waals surface area contributed by atoms with Gasteiger partial charge in [-0.2, -0.15) is 0 Å². The van der Waals surface area contributed by atoms with Crippen molar-refractivity contribution in [2.24, 2.45) is 0 Å². The van der Waals surface area contributed by atoms with Gasteiger partial charge in [-0.25, -0.2) is 0 Å². The lowest BCUT2D eigenvalue weighted by Crippen LogP contribution is -2.46. The third-order valence-electron chi connectivity index (χ3n) is 1.53. The molecule has 5 nitrogen and oxygen atoms in total. The average molecular weight is 160 g/mol. The van der Waals surface area contributed by atoms with Gasteiger partial charge in [0.2, 0.25) is 0 Å². The predicted octanol–water partition coefficient (Wildman–Crippen LogP) is -1.91. The summed E-state index contributed by atoms with van der Waals surface area (Å²) in [5.41, 5.74) is 0. The first-order chi connectivity index (χ1) is 5.04. The van der Waals surface area contributed by atoms with E-state index in [0.29, 0.717) is 6.08 Å². The minimum absolute atomic E-state index is 0.618. The molecule has 5 heteroatoms. The Morgan fingerprint density at radius 1 is 1.18 bits per heavy atom. The van der Waals surface area contributed by atoms with Gasteiger partial charge in [0.1, 0.15) is 24.1 Å². The first-order valence-corrected chi connectivity index (χ1v) is 3.02. The molecule has 0 radical (unpaired) electrons. The lowest BCUT2D eigenvalue weighted by atomic mass is 9.96. The molecule has 1 aliphatic rings. The molecule has 62 valence electrons. The molecule has 4 N–H and O–H groups in total. The second kappa shape index (κ2) is 2.61. The van der Waals surface area contributed by atoms with E-state index in [0.717, 1.165) is 0 Å². The van der Waals surface area contributed by atoms with Gasteiger partial charge in [-0.05, 0) is 0 Å². The van der Waals surface area contributed by atoms with Crippen LogP contribution in [0.25, 0.3) is 0 Å². The summed E-state index contributed by atoms with van der Waals surface area (Å²) in [5, 5.41) is 35.3. The number of carbonyl (C=O) groups excluding carboxylic acids is 1. The van der Waals surface area contributed by atoms with Crippen LogP contribution in [-0.2, 0) is 4.79 Å². The summed E-state index contributed by atoms with van der Waals surface area (Å²) in [4.78, 5) is 10.6. The first-order valence-electron chi connectivity index (χ1n) is 3.02. The number of ketones is 1. The Balaban J connectivity index is 2.92. The van der Waals surface area contributed by atoms with Crippen molar-refractivity contribution in [3.63, 3.8) is 0 Å². The molecule has 3 unspecified atom stereocenters. The van der Waals surface area contributed by atoms with Gasteiger partial charge in [0.25, 0.3) is 0 Å². The van der Waals surface area contributed by atoms with E-state index in [1.54, 1.807) is 0 Å². The number of rotatable bonds is 0. The molecule has 0 saturated carbocycles. The van der Waals surface area contributed by atoms with Crippen LogP contribution in [0.15, 0.2) is 11.8 Å². The Bertz CT molecular complexity index is 209. The maximum Gasteiger partial charge on any atom is 0.190 e. The molecule has 0 spiro atoms. The van der Waals surface area contributed by atoms with E-state index in [2.05, 4.69) is 0 Å². The number of aliphatic hydroxyl groups excluding tert-OH is 4. The third-order valence-corrected chi connectivity index (χ3v) is 1.53. The molecule has 0 saturated heterocycles. The highest BCUT2D eigenvalue weighted by molar-refractivity contribution is 5.95. The maximum absolute atomic E-state index is 10.6. The van der Waals surface area contributed by atoms with Crippen molar-refractivity contribution in [2.75, 3.05) is 0 Å². The molecule has 0 aromatic rings. The minimum atomic E-state index is -1.64. The summed E-state index contributed by atoms with van der Waals surface area (Å²) in [6, 6.07) is 0. The molecule has 1 rings (SSSR count). The Morgan fingerprint density at radius 3 is 2.27 bits per heavy atom. The van der Waals surface area contributed by atoms with Crippen LogP contribution in [0, 0.1) is 0 Å². The van der Waals surface area contributed by atoms with Gasteiger partial charge in [-0.15, -0.1) is 0 Å². The summed E-state index contributed by atoms with van der Waals surface area (Å²) in [5.74, 6) is -1.42. The Hall–Kier alpha value is -0.910. The second-order valence-electron chi connectivity index (χ2n) is 2.35. The quantitative estimate of drug-likeness (QED) is 0.331. The zero-order valence-electron chi connectivity index (χ0n) is 5.51. The van der Waals surface area contributed by atoms with Crippen LogP contribution in [0.2, 0.25) is 0 Å². The number of hydrogen-bond donors (Lipinski definition) is 4. The molecule has 0 bridgehead atoms. The van der Waals surface area contributed by atoms with Gasteiger partial charge in [0.15, 0.2) is 5.78 Å². The Kier molecular flexibility index (Phi) is 1.95. The maximum atomic E-state index is 10.6. The summed E-state index contributed by atoms with van der Waals surface area (Å²) < 4.78 is 0. The van der Waals surface area contributed by atoms with Crippen LogP contribution in [0.3, 0.4) is 0 Å². The van der Waals surface area contributed by atoms with Crippen LogP contribution in [0.5, 0.6) is 0 Å². The standard InChI is InChI=1S/C6H8O5/c7-2-1-3(8)5(10)6(11)4(2)9/h1,4-7,9-11H. The molecule has 0 aromatic heterocycles. The summed E-state index contributed by atoms with van der Waals surface area (Å²) in [7, 11) is 0. The van der Waals surface area contributed by atoms with Crippen molar-refractivity contribution in [2.45, 2.75) is 18.3 Å². The highest BCUT2D eigenvalue weighted by Gasteiger charge is 2.36. The largest absolute Gasteiger partial charge is 0.509 e. The van der Waals surface area contributed by atoms with E-state index in [1.165, 1.54) is 0 Å². The minimum Gasteiger partial charge on any atom is -0.509 e. The molecule has 0 aliphatic heterocycles. The fourth-order valence-corrected chi connectivity index (χ4v) is 0.832. The number of hydrogen-bond acceptors (Lipinski definition) is 5. The van der Waals surface area contributed by atoms with Crippen LogP contribution in [0.4, 0.5) is 0 Å². The first kappa shape index (κ1) is 8.19. The Labute approximate surface area is 62.2 Å². The highest BCUT2D eigenvalue weighted by Crippen LogP contribution is 2.14. The van der Waals surface area contributed by atoms with Crippen LogP contribution in [0.1, 0.15) is 0 Å². The fraction of sp³-hybridized carbons (Fsp3) is 0.500. The molecule has 0 fully saturated rings. The lowest BCUT2D eigenvalue weighted by molar-refractivity contribution is -0.136. The van der Waals surface area contributed by atoms with E-state index >= 15 is 0 Å². The van der Waals surface area contributed by atoms with E-state index in [1.807, 2.05) is 0 Å². The molecule has 0 aromatic carbocycles. The van der Waals surface area contributed by atoms with E-state index in [9.17, 15) is 4.79 Å². The fourth-order valence-electron chi connectivity index (χ4n) is 0.832. The van der Waals surface area contributed by atoms with Gasteiger partial charge in [0.05, 0.1) is 0 Å². The summed E-state index contributed by atoms with van der Waals surface area (Å²) >= 11 is 0. The zero-order valence-corrected chi connectivity index (χ0v) is 5.51. The van der Waals surface area contributed by atoms with Crippen molar-refractivity contribution in [3.05, 3.63) is 11.8 Å². The van der Waals surface area contributed by atoms with Crippen molar-refractivity contribution in [3.8, 4) is 0 Å². The molecule has 0 heterocycles. The van der Waals surface area contributed by atoms with Crippen molar-refractivity contribution in [1.82, 2.24) is 0 Å². The predicted molar refractivity (Wildman–Crippen MR) is 33.7 cm³/mol. The SMILES string of the molecule is O=C1C=C(O)C(O)C(O)C1O. The normalized spacial score (nSPS) is 38.6. The monoisotopic (exact) mass is 160 g/mol. The smallest absolute Gasteiger partial charge is 0.190 e. The number of aliphatic hydroxyl groups is 4. The molecular formula is C6H8O5. The van der Waals surface area contributed by atoms with E-state index in [-0.39, 0.29) is 0 Å². The van der Waals surface area contributed by atoms with Crippen LogP contribution >= 0.6 is 0 Å². The van der Waals surface area contributed by atoms with Gasteiger partial charge < -0.3 is 20.4 Å².